The lowest BCUT2D eigenvalue weighted by Crippen LogP contribution is -2.38. The third kappa shape index (κ3) is 7.99. The summed E-state index contributed by atoms with van der Waals surface area (Å²) >= 11 is 5.06. The van der Waals surface area contributed by atoms with Crippen molar-refractivity contribution < 1.29 is 4.74 Å². The van der Waals surface area contributed by atoms with E-state index in [2.05, 4.69) is 24.5 Å². The average Bonchev–Trinajstić information content (AvgIpc) is 2.14. The van der Waals surface area contributed by atoms with Crippen molar-refractivity contribution in [2.75, 3.05) is 26.8 Å². The van der Waals surface area contributed by atoms with Crippen LogP contribution in [0, 0.1) is 5.92 Å². The Morgan fingerprint density at radius 3 is 2.69 bits per heavy atom. The van der Waals surface area contributed by atoms with Gasteiger partial charge in [-0.3, -0.25) is 0 Å². The Labute approximate surface area is 86.2 Å². The van der Waals surface area contributed by atoms with Crippen molar-refractivity contribution in [3.05, 3.63) is 0 Å². The maximum Gasteiger partial charge on any atom is 0.166 e. The molecular formula is C9H20N2OS. The summed E-state index contributed by atoms with van der Waals surface area (Å²) in [6.07, 6.45) is 1.17. The minimum absolute atomic E-state index is 0.669. The third-order valence-electron chi connectivity index (χ3n) is 1.90. The number of hydrogen-bond acceptors (Lipinski definition) is 2. The lowest BCUT2D eigenvalue weighted by molar-refractivity contribution is 0.204. The molecular weight excluding hydrogens is 184 g/mol. The largest absolute Gasteiger partial charge is 0.383 e. The first kappa shape index (κ1) is 12.7. The molecule has 2 N–H and O–H groups in total. The minimum atomic E-state index is 0.669. The highest BCUT2D eigenvalue weighted by Crippen LogP contribution is 1.96. The summed E-state index contributed by atoms with van der Waals surface area (Å²) in [5.41, 5.74) is 0. The lowest BCUT2D eigenvalue weighted by atomic mass is 10.1. The summed E-state index contributed by atoms with van der Waals surface area (Å²) in [6, 6.07) is 0. The molecule has 4 heteroatoms. The molecule has 0 aliphatic carbocycles. The lowest BCUT2D eigenvalue weighted by Gasteiger charge is -2.13. The van der Waals surface area contributed by atoms with E-state index >= 15 is 0 Å². The molecule has 0 rings (SSSR count). The monoisotopic (exact) mass is 204 g/mol. The van der Waals surface area contributed by atoms with Gasteiger partial charge in [-0.25, -0.2) is 0 Å². The zero-order valence-corrected chi connectivity index (χ0v) is 9.54. The highest BCUT2D eigenvalue weighted by Gasteiger charge is 1.99. The van der Waals surface area contributed by atoms with E-state index < -0.39 is 0 Å². The van der Waals surface area contributed by atoms with Crippen molar-refractivity contribution in [1.82, 2.24) is 10.6 Å². The number of hydrogen-bond donors (Lipinski definition) is 2. The van der Waals surface area contributed by atoms with E-state index in [4.69, 9.17) is 17.0 Å². The molecule has 0 radical (unpaired) electrons. The molecule has 13 heavy (non-hydrogen) atoms. The molecule has 1 unspecified atom stereocenters. The van der Waals surface area contributed by atoms with Crippen molar-refractivity contribution >= 4 is 17.3 Å². The number of thiocarbonyl (C=S) groups is 1. The summed E-state index contributed by atoms with van der Waals surface area (Å²) in [5.74, 6) is 0.669. The van der Waals surface area contributed by atoms with Crippen LogP contribution in [0.1, 0.15) is 20.3 Å². The van der Waals surface area contributed by atoms with Gasteiger partial charge in [0.15, 0.2) is 5.11 Å². The van der Waals surface area contributed by atoms with Crippen molar-refractivity contribution in [3.63, 3.8) is 0 Å². The molecule has 78 valence electrons. The Kier molecular flexibility index (Phi) is 8.04. The van der Waals surface area contributed by atoms with Crippen LogP contribution in [0.15, 0.2) is 0 Å². The first-order valence-corrected chi connectivity index (χ1v) is 5.12. The van der Waals surface area contributed by atoms with Crippen molar-refractivity contribution in [1.29, 1.82) is 0 Å². The number of methoxy groups -OCH3 is 1. The van der Waals surface area contributed by atoms with Crippen LogP contribution in [0.2, 0.25) is 0 Å². The van der Waals surface area contributed by atoms with Gasteiger partial charge in [-0.1, -0.05) is 20.3 Å². The zero-order chi connectivity index (χ0) is 10.1. The van der Waals surface area contributed by atoms with Crippen LogP contribution in [-0.2, 0) is 4.74 Å². The fraction of sp³-hybridized carbons (Fsp3) is 0.889. The summed E-state index contributed by atoms with van der Waals surface area (Å²) < 4.78 is 4.89. The fourth-order valence-electron chi connectivity index (χ4n) is 0.740. The fourth-order valence-corrected chi connectivity index (χ4v) is 0.926. The first-order chi connectivity index (χ1) is 6.20. The first-order valence-electron chi connectivity index (χ1n) is 4.71. The van der Waals surface area contributed by atoms with Crippen molar-refractivity contribution in [2.45, 2.75) is 20.3 Å². The second-order valence-electron chi connectivity index (χ2n) is 3.14. The molecule has 0 aromatic heterocycles. The van der Waals surface area contributed by atoms with Crippen LogP contribution in [0.25, 0.3) is 0 Å². The van der Waals surface area contributed by atoms with E-state index in [9.17, 15) is 0 Å². The van der Waals surface area contributed by atoms with Gasteiger partial charge in [0.2, 0.25) is 0 Å². The molecule has 3 nitrogen and oxygen atoms in total. The second kappa shape index (κ2) is 8.26. The Balaban J connectivity index is 3.30. The number of ether oxygens (including phenoxy) is 1. The van der Waals surface area contributed by atoms with Gasteiger partial charge in [-0.05, 0) is 18.1 Å². The molecule has 0 fully saturated rings. The van der Waals surface area contributed by atoms with Gasteiger partial charge in [0.05, 0.1) is 6.61 Å². The smallest absolute Gasteiger partial charge is 0.166 e. The van der Waals surface area contributed by atoms with Crippen LogP contribution in [0.5, 0.6) is 0 Å². The summed E-state index contributed by atoms with van der Waals surface area (Å²) in [4.78, 5) is 0. The molecule has 0 amide bonds. The van der Waals surface area contributed by atoms with Crippen LogP contribution < -0.4 is 10.6 Å². The SMILES string of the molecule is CCC(C)CNC(=S)NCCOC. The van der Waals surface area contributed by atoms with Gasteiger partial charge in [0.1, 0.15) is 0 Å². The van der Waals surface area contributed by atoms with Gasteiger partial charge in [-0.15, -0.1) is 0 Å². The molecule has 1 atom stereocenters. The predicted octanol–water partition coefficient (Wildman–Crippen LogP) is 1.14. The van der Waals surface area contributed by atoms with Crippen molar-refractivity contribution in [3.8, 4) is 0 Å². The van der Waals surface area contributed by atoms with E-state index in [-0.39, 0.29) is 0 Å². The van der Waals surface area contributed by atoms with Gasteiger partial charge in [0.25, 0.3) is 0 Å². The number of nitrogens with one attached hydrogen (secondary N) is 2. The normalized spacial score (nSPS) is 12.2. The molecule has 0 saturated carbocycles. The van der Waals surface area contributed by atoms with Gasteiger partial charge in [0, 0.05) is 20.2 Å². The molecule has 0 aromatic carbocycles. The Morgan fingerprint density at radius 2 is 2.15 bits per heavy atom. The Morgan fingerprint density at radius 1 is 1.46 bits per heavy atom. The molecule has 0 saturated heterocycles. The molecule has 0 spiro atoms. The van der Waals surface area contributed by atoms with E-state index in [1.165, 1.54) is 6.42 Å². The Hall–Kier alpha value is -0.350. The van der Waals surface area contributed by atoms with Crippen LogP contribution in [0.3, 0.4) is 0 Å². The third-order valence-corrected chi connectivity index (χ3v) is 2.19. The summed E-state index contributed by atoms with van der Waals surface area (Å²) in [7, 11) is 1.68. The zero-order valence-electron chi connectivity index (χ0n) is 8.72. The van der Waals surface area contributed by atoms with Crippen LogP contribution in [-0.4, -0.2) is 31.9 Å². The van der Waals surface area contributed by atoms with Crippen LogP contribution in [0.4, 0.5) is 0 Å². The molecule has 0 aromatic rings. The molecule has 0 aliphatic heterocycles. The van der Waals surface area contributed by atoms with Gasteiger partial charge < -0.3 is 15.4 Å². The van der Waals surface area contributed by atoms with E-state index in [1.54, 1.807) is 7.11 Å². The minimum Gasteiger partial charge on any atom is -0.383 e. The maximum atomic E-state index is 5.06. The highest BCUT2D eigenvalue weighted by atomic mass is 32.1. The maximum absolute atomic E-state index is 5.06. The van der Waals surface area contributed by atoms with Crippen LogP contribution >= 0.6 is 12.2 Å². The van der Waals surface area contributed by atoms with E-state index in [1.807, 2.05) is 0 Å². The molecule has 0 aliphatic rings. The average molecular weight is 204 g/mol. The Bertz CT molecular complexity index is 142. The topological polar surface area (TPSA) is 33.3 Å². The van der Waals surface area contributed by atoms with Crippen molar-refractivity contribution in [2.24, 2.45) is 5.92 Å². The summed E-state index contributed by atoms with van der Waals surface area (Å²) in [6.45, 7) is 6.77. The quantitative estimate of drug-likeness (QED) is 0.502. The summed E-state index contributed by atoms with van der Waals surface area (Å²) in [5, 5.41) is 6.94. The number of rotatable bonds is 6. The standard InChI is InChI=1S/C9H20N2OS/c1-4-8(2)7-11-9(13)10-5-6-12-3/h8H,4-7H2,1-3H3,(H2,10,11,13). The second-order valence-corrected chi connectivity index (χ2v) is 3.55. The van der Waals surface area contributed by atoms with Gasteiger partial charge in [-0.2, -0.15) is 0 Å². The molecule has 0 bridgehead atoms. The van der Waals surface area contributed by atoms with E-state index in [0.717, 1.165) is 18.2 Å². The van der Waals surface area contributed by atoms with Gasteiger partial charge >= 0.3 is 0 Å². The predicted molar refractivity (Wildman–Crippen MR) is 59.9 cm³/mol. The van der Waals surface area contributed by atoms with E-state index in [0.29, 0.717) is 12.5 Å². The highest BCUT2D eigenvalue weighted by molar-refractivity contribution is 7.80. The molecule has 0 heterocycles.